The highest BCUT2D eigenvalue weighted by molar-refractivity contribution is 6.06. The zero-order valence-electron chi connectivity index (χ0n) is 15.4. The van der Waals surface area contributed by atoms with Crippen molar-refractivity contribution < 1.29 is 19.0 Å². The van der Waals surface area contributed by atoms with E-state index in [4.69, 9.17) is 14.2 Å². The van der Waals surface area contributed by atoms with Gasteiger partial charge in [-0.3, -0.25) is 9.48 Å². The van der Waals surface area contributed by atoms with E-state index in [-0.39, 0.29) is 5.91 Å². The van der Waals surface area contributed by atoms with E-state index < -0.39 is 0 Å². The Balaban J connectivity index is 1.71. The van der Waals surface area contributed by atoms with Crippen LogP contribution in [0.25, 0.3) is 0 Å². The minimum absolute atomic E-state index is 0.282. The molecule has 2 aromatic carbocycles. The van der Waals surface area contributed by atoms with Crippen molar-refractivity contribution in [1.82, 2.24) is 9.78 Å². The third-order valence-electron chi connectivity index (χ3n) is 4.02. The van der Waals surface area contributed by atoms with Crippen LogP contribution in [0.1, 0.15) is 15.9 Å². The van der Waals surface area contributed by atoms with Crippen molar-refractivity contribution >= 4 is 11.6 Å². The molecule has 0 atom stereocenters. The molecule has 140 valence electrons. The van der Waals surface area contributed by atoms with Crippen LogP contribution in [0.5, 0.6) is 17.2 Å². The van der Waals surface area contributed by atoms with Gasteiger partial charge in [-0.15, -0.1) is 0 Å². The Bertz CT molecular complexity index is 936. The fourth-order valence-electron chi connectivity index (χ4n) is 2.66. The summed E-state index contributed by atoms with van der Waals surface area (Å²) in [4.78, 5) is 12.6. The van der Waals surface area contributed by atoms with Crippen molar-refractivity contribution in [3.8, 4) is 17.2 Å². The van der Waals surface area contributed by atoms with E-state index in [1.807, 2.05) is 24.3 Å². The number of rotatable bonds is 7. The number of benzene rings is 2. The number of ether oxygens (including phenoxy) is 3. The summed E-state index contributed by atoms with van der Waals surface area (Å²) in [7, 11) is 4.71. The lowest BCUT2D eigenvalue weighted by Crippen LogP contribution is -2.13. The maximum absolute atomic E-state index is 12.6. The SMILES string of the molecule is COc1cccc(Cn2cc(NC(=O)c3ccc(OC)cc3OC)cn2)c1. The van der Waals surface area contributed by atoms with Crippen molar-refractivity contribution in [2.75, 3.05) is 26.6 Å². The number of hydrogen-bond donors (Lipinski definition) is 1. The fraction of sp³-hybridized carbons (Fsp3) is 0.200. The van der Waals surface area contributed by atoms with Crippen LogP contribution in [0.4, 0.5) is 5.69 Å². The second-order valence-electron chi connectivity index (χ2n) is 5.80. The maximum atomic E-state index is 12.6. The van der Waals surface area contributed by atoms with E-state index in [2.05, 4.69) is 10.4 Å². The number of anilines is 1. The average Bonchev–Trinajstić information content (AvgIpc) is 3.14. The standard InChI is InChI=1S/C20H21N3O4/c1-25-16-6-4-5-14(9-16)12-23-13-15(11-21-23)22-20(24)18-8-7-17(26-2)10-19(18)27-3/h4-11,13H,12H2,1-3H3,(H,22,24). The van der Waals surface area contributed by atoms with Crippen molar-refractivity contribution in [2.45, 2.75) is 6.54 Å². The summed E-state index contributed by atoms with van der Waals surface area (Å²) >= 11 is 0. The van der Waals surface area contributed by atoms with Crippen molar-refractivity contribution in [1.29, 1.82) is 0 Å². The second-order valence-corrected chi connectivity index (χ2v) is 5.80. The minimum Gasteiger partial charge on any atom is -0.497 e. The zero-order chi connectivity index (χ0) is 19.2. The Kier molecular flexibility index (Phi) is 5.61. The van der Waals surface area contributed by atoms with Crippen LogP contribution in [0.15, 0.2) is 54.9 Å². The number of nitrogens with one attached hydrogen (secondary N) is 1. The Morgan fingerprint density at radius 1 is 1.04 bits per heavy atom. The first-order valence-corrected chi connectivity index (χ1v) is 8.31. The summed E-state index contributed by atoms with van der Waals surface area (Å²) in [5.41, 5.74) is 2.06. The summed E-state index contributed by atoms with van der Waals surface area (Å²) in [6, 6.07) is 12.8. The molecule has 0 aliphatic rings. The smallest absolute Gasteiger partial charge is 0.259 e. The molecule has 0 aliphatic carbocycles. The van der Waals surface area contributed by atoms with Crippen LogP contribution < -0.4 is 19.5 Å². The van der Waals surface area contributed by atoms with E-state index in [1.165, 1.54) is 7.11 Å². The number of amides is 1. The average molecular weight is 367 g/mol. The van der Waals surface area contributed by atoms with Crippen molar-refractivity contribution in [2.24, 2.45) is 0 Å². The first-order valence-electron chi connectivity index (χ1n) is 8.31. The number of carbonyl (C=O) groups is 1. The van der Waals surface area contributed by atoms with Crippen molar-refractivity contribution in [3.05, 3.63) is 66.0 Å². The normalized spacial score (nSPS) is 10.3. The number of hydrogen-bond acceptors (Lipinski definition) is 5. The molecule has 7 heteroatoms. The first kappa shape index (κ1) is 18.3. The highest BCUT2D eigenvalue weighted by Gasteiger charge is 2.14. The Morgan fingerprint density at radius 2 is 1.81 bits per heavy atom. The molecule has 1 aromatic heterocycles. The third kappa shape index (κ3) is 4.38. The molecule has 0 radical (unpaired) electrons. The lowest BCUT2D eigenvalue weighted by Gasteiger charge is -2.10. The molecule has 0 unspecified atom stereocenters. The zero-order valence-corrected chi connectivity index (χ0v) is 15.4. The van der Waals surface area contributed by atoms with Gasteiger partial charge in [-0.05, 0) is 29.8 Å². The van der Waals surface area contributed by atoms with Gasteiger partial charge < -0.3 is 19.5 Å². The van der Waals surface area contributed by atoms with Gasteiger partial charge in [0.15, 0.2) is 0 Å². The minimum atomic E-state index is -0.282. The first-order chi connectivity index (χ1) is 13.1. The Hall–Kier alpha value is -3.48. The lowest BCUT2D eigenvalue weighted by atomic mass is 10.1. The van der Waals surface area contributed by atoms with Gasteiger partial charge in [0.05, 0.1) is 45.3 Å². The van der Waals surface area contributed by atoms with Crippen LogP contribution in [-0.4, -0.2) is 37.0 Å². The van der Waals surface area contributed by atoms with Gasteiger partial charge in [0, 0.05) is 12.3 Å². The number of aromatic nitrogens is 2. The quantitative estimate of drug-likeness (QED) is 0.694. The Labute approximate surface area is 157 Å². The molecule has 0 fully saturated rings. The predicted octanol–water partition coefficient (Wildman–Crippen LogP) is 3.21. The van der Waals surface area contributed by atoms with Crippen LogP contribution in [0, 0.1) is 0 Å². The maximum Gasteiger partial charge on any atom is 0.259 e. The van der Waals surface area contributed by atoms with E-state index in [0.717, 1.165) is 11.3 Å². The number of methoxy groups -OCH3 is 3. The summed E-state index contributed by atoms with van der Waals surface area (Å²) in [5.74, 6) is 1.57. The van der Waals surface area contributed by atoms with Gasteiger partial charge in [0.1, 0.15) is 17.2 Å². The van der Waals surface area contributed by atoms with E-state index in [0.29, 0.717) is 29.3 Å². The Morgan fingerprint density at radius 3 is 2.56 bits per heavy atom. The molecular formula is C20H21N3O4. The molecular weight excluding hydrogens is 346 g/mol. The molecule has 0 aliphatic heterocycles. The molecule has 1 N–H and O–H groups in total. The van der Waals surface area contributed by atoms with Crippen LogP contribution in [-0.2, 0) is 6.54 Å². The van der Waals surface area contributed by atoms with E-state index in [1.54, 1.807) is 49.5 Å². The van der Waals surface area contributed by atoms with Crippen LogP contribution >= 0.6 is 0 Å². The molecule has 0 bridgehead atoms. The highest BCUT2D eigenvalue weighted by atomic mass is 16.5. The highest BCUT2D eigenvalue weighted by Crippen LogP contribution is 2.25. The fourth-order valence-corrected chi connectivity index (χ4v) is 2.66. The van der Waals surface area contributed by atoms with Gasteiger partial charge in [-0.1, -0.05) is 12.1 Å². The predicted molar refractivity (Wildman–Crippen MR) is 102 cm³/mol. The molecule has 1 amide bonds. The summed E-state index contributed by atoms with van der Waals surface area (Å²) < 4.78 is 17.4. The molecule has 0 saturated heterocycles. The molecule has 0 saturated carbocycles. The number of carbonyl (C=O) groups excluding carboxylic acids is 1. The van der Waals surface area contributed by atoms with E-state index >= 15 is 0 Å². The molecule has 0 spiro atoms. The van der Waals surface area contributed by atoms with Crippen molar-refractivity contribution in [3.63, 3.8) is 0 Å². The molecule has 3 aromatic rings. The van der Waals surface area contributed by atoms with Gasteiger partial charge >= 0.3 is 0 Å². The van der Waals surface area contributed by atoms with Gasteiger partial charge in [0.2, 0.25) is 0 Å². The molecule has 27 heavy (non-hydrogen) atoms. The van der Waals surface area contributed by atoms with Crippen LogP contribution in [0.3, 0.4) is 0 Å². The van der Waals surface area contributed by atoms with Gasteiger partial charge in [-0.25, -0.2) is 0 Å². The molecule has 7 nitrogen and oxygen atoms in total. The molecule has 3 rings (SSSR count). The number of nitrogens with zero attached hydrogens (tertiary/aromatic N) is 2. The third-order valence-corrected chi connectivity index (χ3v) is 4.02. The topological polar surface area (TPSA) is 74.6 Å². The lowest BCUT2D eigenvalue weighted by molar-refractivity contribution is 0.102. The second kappa shape index (κ2) is 8.27. The van der Waals surface area contributed by atoms with E-state index in [9.17, 15) is 4.79 Å². The largest absolute Gasteiger partial charge is 0.497 e. The van der Waals surface area contributed by atoms with Gasteiger partial charge in [0.25, 0.3) is 5.91 Å². The van der Waals surface area contributed by atoms with Crippen LogP contribution in [0.2, 0.25) is 0 Å². The summed E-state index contributed by atoms with van der Waals surface area (Å²) in [5, 5.41) is 7.12. The summed E-state index contributed by atoms with van der Waals surface area (Å²) in [6.07, 6.45) is 3.38. The van der Waals surface area contributed by atoms with Gasteiger partial charge in [-0.2, -0.15) is 5.10 Å². The monoisotopic (exact) mass is 367 g/mol. The summed E-state index contributed by atoms with van der Waals surface area (Å²) in [6.45, 7) is 0.568. The molecule has 1 heterocycles.